The molecule has 0 fully saturated rings. The second kappa shape index (κ2) is 3.47. The van der Waals surface area contributed by atoms with Gasteiger partial charge in [-0.05, 0) is 20.8 Å². The molecule has 0 rings (SSSR count). The maximum atomic E-state index is 9.84. The van der Waals surface area contributed by atoms with Crippen LogP contribution in [0.2, 0.25) is 0 Å². The first kappa shape index (κ1) is 12.7. The van der Waals surface area contributed by atoms with Gasteiger partial charge >= 0.3 is 0 Å². The average Bonchev–Trinajstić information content (AvgIpc) is 1.14. The third-order valence-corrected chi connectivity index (χ3v) is 0.978. The molecular formula is C4H12ClNO4. The Morgan fingerprint density at radius 3 is 1.40 bits per heavy atom. The van der Waals surface area contributed by atoms with Crippen molar-refractivity contribution in [2.24, 2.45) is 0 Å². The van der Waals surface area contributed by atoms with Crippen molar-refractivity contribution in [3.05, 3.63) is 0 Å². The molecule has 3 N–H and O–H groups in total. The van der Waals surface area contributed by atoms with E-state index in [2.05, 4.69) is 4.29 Å². The van der Waals surface area contributed by atoms with Crippen molar-refractivity contribution in [3.8, 4) is 0 Å². The van der Waals surface area contributed by atoms with Crippen LogP contribution < -0.4 is 20.1 Å². The van der Waals surface area contributed by atoms with Crippen LogP contribution in [0.4, 0.5) is 0 Å². The van der Waals surface area contributed by atoms with Crippen molar-refractivity contribution in [2.45, 2.75) is 26.4 Å². The van der Waals surface area contributed by atoms with Crippen molar-refractivity contribution < 1.29 is 28.5 Å². The van der Waals surface area contributed by atoms with E-state index in [-0.39, 0.29) is 6.15 Å². The van der Waals surface area contributed by atoms with Gasteiger partial charge in [0.15, 0.2) is 0 Å². The Bertz CT molecular complexity index is 82.4. The summed E-state index contributed by atoms with van der Waals surface area (Å²) in [5, 5.41) is 0. The fourth-order valence-corrected chi connectivity index (χ4v) is 0.850. The van der Waals surface area contributed by atoms with Crippen LogP contribution in [0.1, 0.15) is 20.8 Å². The zero-order valence-corrected chi connectivity index (χ0v) is 6.97. The third kappa shape index (κ3) is 11.0. The molecule has 0 aromatic carbocycles. The van der Waals surface area contributed by atoms with Gasteiger partial charge < -0.3 is 6.15 Å². The molecule has 0 aromatic heterocycles. The van der Waals surface area contributed by atoms with Gasteiger partial charge in [0, 0.05) is 0 Å². The van der Waals surface area contributed by atoms with Crippen molar-refractivity contribution in [2.75, 3.05) is 0 Å². The second-order valence-corrected chi connectivity index (χ2v) is 3.48. The van der Waals surface area contributed by atoms with Gasteiger partial charge in [-0.15, -0.1) is 0 Å². The van der Waals surface area contributed by atoms with E-state index in [4.69, 9.17) is 0 Å². The van der Waals surface area contributed by atoms with E-state index in [0.29, 0.717) is 0 Å². The monoisotopic (exact) mass is 173 g/mol. The highest BCUT2D eigenvalue weighted by Gasteiger charge is 2.31. The number of halogens is 1. The van der Waals surface area contributed by atoms with Crippen LogP contribution in [0.5, 0.6) is 0 Å². The molecule has 0 aromatic rings. The van der Waals surface area contributed by atoms with Crippen molar-refractivity contribution in [1.82, 2.24) is 6.15 Å². The van der Waals surface area contributed by atoms with Crippen molar-refractivity contribution in [1.29, 1.82) is 0 Å². The van der Waals surface area contributed by atoms with Crippen LogP contribution in [-0.2, 0) is 4.29 Å². The molecule has 0 aliphatic carbocycles. The summed E-state index contributed by atoms with van der Waals surface area (Å²) in [4.78, 5) is 0. The first-order chi connectivity index (χ1) is 3.71. The lowest BCUT2D eigenvalue weighted by atomic mass is 10.2. The minimum absolute atomic E-state index is 0. The third-order valence-electron chi connectivity index (χ3n) is 0.326. The van der Waals surface area contributed by atoms with Crippen LogP contribution in [0.15, 0.2) is 0 Å². The highest BCUT2D eigenvalue weighted by molar-refractivity contribution is 4.53. The number of rotatable bonds is 1. The van der Waals surface area contributed by atoms with Crippen molar-refractivity contribution in [3.63, 3.8) is 0 Å². The van der Waals surface area contributed by atoms with E-state index in [1.54, 1.807) is 0 Å². The van der Waals surface area contributed by atoms with Gasteiger partial charge in [0.1, 0.15) is 0 Å². The van der Waals surface area contributed by atoms with E-state index >= 15 is 0 Å². The Kier molecular flexibility index (Phi) is 4.42. The first-order valence-corrected chi connectivity index (χ1v) is 3.56. The van der Waals surface area contributed by atoms with Crippen LogP contribution in [0.25, 0.3) is 0 Å². The summed E-state index contributed by atoms with van der Waals surface area (Å²) in [5.74, 6) is 0. The van der Waals surface area contributed by atoms with E-state index in [1.807, 2.05) is 0 Å². The smallest absolute Gasteiger partial charge is 0.215 e. The zero-order valence-electron chi connectivity index (χ0n) is 6.22. The maximum Gasteiger partial charge on any atom is 0.215 e. The van der Waals surface area contributed by atoms with Crippen LogP contribution in [0, 0.1) is 10.2 Å². The fourth-order valence-electron chi connectivity index (χ4n) is 0.283. The van der Waals surface area contributed by atoms with Crippen molar-refractivity contribution >= 4 is 0 Å². The summed E-state index contributed by atoms with van der Waals surface area (Å²) in [6.07, 6.45) is 0. The predicted octanol–water partition coefficient (Wildman–Crippen LogP) is -2.14. The van der Waals surface area contributed by atoms with E-state index in [0.717, 1.165) is 0 Å². The first-order valence-electron chi connectivity index (χ1n) is 2.32. The molecule has 0 spiro atoms. The van der Waals surface area contributed by atoms with E-state index in [9.17, 15) is 14.0 Å². The van der Waals surface area contributed by atoms with E-state index in [1.165, 1.54) is 20.8 Å². The zero-order chi connectivity index (χ0) is 7.71. The summed E-state index contributed by atoms with van der Waals surface area (Å²) >= 11 is 0. The van der Waals surface area contributed by atoms with Crippen LogP contribution in [-0.4, -0.2) is 5.60 Å². The molecule has 6 heteroatoms. The Morgan fingerprint density at radius 1 is 1.10 bits per heavy atom. The summed E-state index contributed by atoms with van der Waals surface area (Å²) in [5.41, 5.74) is -0.928. The normalized spacial score (nSPS) is 12.6. The van der Waals surface area contributed by atoms with Gasteiger partial charge in [-0.3, -0.25) is 0 Å². The molecule has 0 saturated carbocycles. The topological polar surface area (TPSA) is 113 Å². The molecule has 5 nitrogen and oxygen atoms in total. The molecule has 0 radical (unpaired) electrons. The second-order valence-electron chi connectivity index (χ2n) is 2.57. The molecule has 0 aliphatic heterocycles. The Balaban J connectivity index is 0. The van der Waals surface area contributed by atoms with Crippen LogP contribution >= 0.6 is 0 Å². The van der Waals surface area contributed by atoms with Gasteiger partial charge in [-0.25, -0.2) is 0 Å². The highest BCUT2D eigenvalue weighted by atomic mass is 35.7. The number of hydrogen-bond acceptors (Lipinski definition) is 5. The molecule has 0 heterocycles. The average molecular weight is 174 g/mol. The molecule has 10 heavy (non-hydrogen) atoms. The largest absolute Gasteiger partial charge is 0.344 e. The Labute approximate surface area is 61.9 Å². The molecule has 0 bridgehead atoms. The summed E-state index contributed by atoms with van der Waals surface area (Å²) < 4.78 is 33.5. The lowest BCUT2D eigenvalue weighted by Crippen LogP contribution is -2.63. The molecule has 0 aliphatic rings. The minimum atomic E-state index is -4.28. The number of hydrogen-bond donors (Lipinski definition) is 1. The Hall–Kier alpha value is 0.0900. The summed E-state index contributed by atoms with van der Waals surface area (Å²) in [6, 6.07) is 0. The lowest BCUT2D eigenvalue weighted by Gasteiger charge is -2.19. The van der Waals surface area contributed by atoms with Gasteiger partial charge in [0.25, 0.3) is 0 Å². The summed E-state index contributed by atoms with van der Waals surface area (Å²) in [6.45, 7) is 4.44. The molecule has 64 valence electrons. The molecule has 0 amide bonds. The lowest BCUT2D eigenvalue weighted by molar-refractivity contribution is -1.92. The predicted molar refractivity (Wildman–Crippen MR) is 25.9 cm³/mol. The maximum absolute atomic E-state index is 9.84. The summed E-state index contributed by atoms with van der Waals surface area (Å²) in [7, 11) is -4.28. The molecule has 0 saturated heterocycles. The fraction of sp³-hybridized carbons (Fsp3) is 1.00. The standard InChI is InChI=1S/C4H9ClO4.H3N/c1-4(2,3)9-5(6,7)8;/h1-3H3;1H3. The SMILES string of the molecule is CC(C)(C)O[Cl+3]([O-])([O-])[O-].N. The van der Waals surface area contributed by atoms with E-state index < -0.39 is 15.8 Å². The van der Waals surface area contributed by atoms with Crippen LogP contribution in [0.3, 0.4) is 0 Å². The van der Waals surface area contributed by atoms with Gasteiger partial charge in [-0.2, -0.15) is 14.0 Å². The highest BCUT2D eigenvalue weighted by Crippen LogP contribution is 2.10. The van der Waals surface area contributed by atoms with Gasteiger partial charge in [0.05, 0.1) is 14.5 Å². The Morgan fingerprint density at radius 2 is 1.40 bits per heavy atom. The van der Waals surface area contributed by atoms with Gasteiger partial charge in [-0.1, -0.05) is 0 Å². The minimum Gasteiger partial charge on any atom is -0.344 e. The van der Waals surface area contributed by atoms with Gasteiger partial charge in [0.2, 0.25) is 5.60 Å². The molecular weight excluding hydrogens is 162 g/mol. The molecule has 0 unspecified atom stereocenters. The quantitative estimate of drug-likeness (QED) is 0.486. The molecule has 0 atom stereocenters.